The molecule has 1 amide bonds. The number of rotatable bonds is 2. The molecule has 1 saturated heterocycles. The summed E-state index contributed by atoms with van der Waals surface area (Å²) in [6.07, 6.45) is 0.820. The lowest BCUT2D eigenvalue weighted by molar-refractivity contribution is 0.131. The summed E-state index contributed by atoms with van der Waals surface area (Å²) in [5.74, 6) is 0.948. The zero-order valence-electron chi connectivity index (χ0n) is 9.80. The Kier molecular flexibility index (Phi) is 3.46. The van der Waals surface area contributed by atoms with Gasteiger partial charge in [-0.25, -0.2) is 9.78 Å². The molecular formula is C12H16N2O3. The van der Waals surface area contributed by atoms with E-state index in [2.05, 4.69) is 4.98 Å². The molecule has 0 aliphatic carbocycles. The van der Waals surface area contributed by atoms with Crippen LogP contribution in [0.2, 0.25) is 0 Å². The number of carboxylic acid groups (broad SMARTS) is 1. The van der Waals surface area contributed by atoms with Crippen molar-refractivity contribution in [2.24, 2.45) is 0 Å². The maximum atomic E-state index is 10.8. The molecule has 0 atom stereocenters. The van der Waals surface area contributed by atoms with Gasteiger partial charge in [-0.3, -0.25) is 0 Å². The fraction of sp³-hybridized carbons (Fsp3) is 0.500. The van der Waals surface area contributed by atoms with Crippen LogP contribution < -0.4 is 4.74 Å². The summed E-state index contributed by atoms with van der Waals surface area (Å²) in [5.41, 5.74) is 0.995. The van der Waals surface area contributed by atoms with Crippen LogP contribution in [0.4, 0.5) is 4.79 Å². The number of piperidine rings is 1. The molecule has 0 spiro atoms. The molecule has 1 aromatic rings. The number of amides is 1. The van der Waals surface area contributed by atoms with Crippen molar-refractivity contribution >= 4 is 6.09 Å². The fourth-order valence-electron chi connectivity index (χ4n) is 2.14. The van der Waals surface area contributed by atoms with Crippen molar-refractivity contribution in [1.82, 2.24) is 9.88 Å². The van der Waals surface area contributed by atoms with Gasteiger partial charge in [-0.05, 0) is 18.9 Å². The Morgan fingerprint density at radius 3 is 2.76 bits per heavy atom. The van der Waals surface area contributed by atoms with Gasteiger partial charge >= 0.3 is 6.09 Å². The monoisotopic (exact) mass is 236 g/mol. The van der Waals surface area contributed by atoms with Gasteiger partial charge in [0.25, 0.3) is 0 Å². The van der Waals surface area contributed by atoms with Gasteiger partial charge in [-0.15, -0.1) is 0 Å². The van der Waals surface area contributed by atoms with Gasteiger partial charge < -0.3 is 14.7 Å². The van der Waals surface area contributed by atoms with E-state index in [1.807, 2.05) is 18.2 Å². The first-order valence-electron chi connectivity index (χ1n) is 5.69. The first-order valence-corrected chi connectivity index (χ1v) is 5.69. The van der Waals surface area contributed by atoms with Crippen LogP contribution in [0.15, 0.2) is 18.2 Å². The molecule has 1 N–H and O–H groups in total. The van der Waals surface area contributed by atoms with E-state index in [1.54, 1.807) is 7.11 Å². The molecule has 0 aromatic carbocycles. The Bertz CT molecular complexity index is 400. The number of hydrogen-bond acceptors (Lipinski definition) is 3. The van der Waals surface area contributed by atoms with Crippen LogP contribution in [-0.4, -0.2) is 41.3 Å². The second-order valence-corrected chi connectivity index (χ2v) is 4.15. The lowest BCUT2D eigenvalue weighted by Gasteiger charge is -2.29. The molecule has 1 aromatic heterocycles. The van der Waals surface area contributed by atoms with Crippen LogP contribution in [0.3, 0.4) is 0 Å². The van der Waals surface area contributed by atoms with E-state index >= 15 is 0 Å². The van der Waals surface area contributed by atoms with E-state index in [9.17, 15) is 4.79 Å². The number of pyridine rings is 1. The van der Waals surface area contributed by atoms with Crippen LogP contribution in [-0.2, 0) is 0 Å². The van der Waals surface area contributed by atoms with Crippen molar-refractivity contribution in [3.8, 4) is 5.88 Å². The highest BCUT2D eigenvalue weighted by Gasteiger charge is 2.24. The van der Waals surface area contributed by atoms with Gasteiger partial charge in [-0.1, -0.05) is 6.07 Å². The topological polar surface area (TPSA) is 62.7 Å². The summed E-state index contributed by atoms with van der Waals surface area (Å²) in [6, 6.07) is 5.71. The highest BCUT2D eigenvalue weighted by Crippen LogP contribution is 2.27. The molecule has 5 nitrogen and oxygen atoms in total. The maximum absolute atomic E-state index is 10.8. The van der Waals surface area contributed by atoms with E-state index in [-0.39, 0.29) is 0 Å². The van der Waals surface area contributed by atoms with Crippen molar-refractivity contribution in [2.75, 3.05) is 20.2 Å². The number of likely N-dealkylation sites (tertiary alicyclic amines) is 1. The molecule has 5 heteroatoms. The predicted octanol–water partition coefficient (Wildman–Crippen LogP) is 1.95. The molecular weight excluding hydrogens is 220 g/mol. The maximum Gasteiger partial charge on any atom is 0.407 e. The molecule has 0 radical (unpaired) electrons. The van der Waals surface area contributed by atoms with Crippen molar-refractivity contribution < 1.29 is 14.6 Å². The van der Waals surface area contributed by atoms with Gasteiger partial charge in [0.05, 0.1) is 7.11 Å². The van der Waals surface area contributed by atoms with Gasteiger partial charge in [0.1, 0.15) is 0 Å². The molecule has 0 bridgehead atoms. The summed E-state index contributed by atoms with van der Waals surface area (Å²) in [5, 5.41) is 8.87. The Hall–Kier alpha value is -1.78. The first kappa shape index (κ1) is 11.7. The van der Waals surface area contributed by atoms with Crippen molar-refractivity contribution in [3.63, 3.8) is 0 Å². The SMILES string of the molecule is COc1cccc(C2CCN(C(=O)O)CC2)n1. The van der Waals surface area contributed by atoms with Crippen molar-refractivity contribution in [1.29, 1.82) is 0 Å². The number of aromatic nitrogens is 1. The van der Waals surface area contributed by atoms with Gasteiger partial charge in [0.15, 0.2) is 0 Å². The van der Waals surface area contributed by atoms with Gasteiger partial charge in [-0.2, -0.15) is 0 Å². The van der Waals surface area contributed by atoms with E-state index in [4.69, 9.17) is 9.84 Å². The van der Waals surface area contributed by atoms with E-state index in [1.165, 1.54) is 4.90 Å². The number of ether oxygens (including phenoxy) is 1. The molecule has 0 saturated carbocycles. The first-order chi connectivity index (χ1) is 8.20. The number of nitrogens with zero attached hydrogens (tertiary/aromatic N) is 2. The highest BCUT2D eigenvalue weighted by molar-refractivity contribution is 5.65. The minimum absolute atomic E-state index is 0.334. The molecule has 1 aliphatic rings. The van der Waals surface area contributed by atoms with Crippen LogP contribution in [0, 0.1) is 0 Å². The predicted molar refractivity (Wildman–Crippen MR) is 62.4 cm³/mol. The Morgan fingerprint density at radius 1 is 1.47 bits per heavy atom. The minimum atomic E-state index is -0.831. The lowest BCUT2D eigenvalue weighted by Crippen LogP contribution is -2.36. The Labute approximate surface area is 100 Å². The Morgan fingerprint density at radius 2 is 2.18 bits per heavy atom. The standard InChI is InChI=1S/C12H16N2O3/c1-17-11-4-2-3-10(13-11)9-5-7-14(8-6-9)12(15)16/h2-4,9H,5-8H2,1H3,(H,15,16). The molecule has 2 heterocycles. The van der Waals surface area contributed by atoms with E-state index in [0.29, 0.717) is 24.9 Å². The summed E-state index contributed by atoms with van der Waals surface area (Å²) in [7, 11) is 1.60. The summed E-state index contributed by atoms with van der Waals surface area (Å²) in [6.45, 7) is 1.16. The molecule has 2 rings (SSSR count). The molecule has 92 valence electrons. The quantitative estimate of drug-likeness (QED) is 0.852. The highest BCUT2D eigenvalue weighted by atomic mass is 16.5. The van der Waals surface area contributed by atoms with Gasteiger partial charge in [0, 0.05) is 30.8 Å². The third kappa shape index (κ3) is 2.67. The van der Waals surface area contributed by atoms with Crippen molar-refractivity contribution in [3.05, 3.63) is 23.9 Å². The molecule has 17 heavy (non-hydrogen) atoms. The van der Waals surface area contributed by atoms with Crippen LogP contribution in [0.5, 0.6) is 5.88 Å². The number of carbonyl (C=O) groups is 1. The van der Waals surface area contributed by atoms with Crippen LogP contribution in [0.1, 0.15) is 24.5 Å². The Balaban J connectivity index is 2.02. The molecule has 0 unspecified atom stereocenters. The largest absolute Gasteiger partial charge is 0.481 e. The average Bonchev–Trinajstić information content (AvgIpc) is 2.39. The lowest BCUT2D eigenvalue weighted by atomic mass is 9.93. The minimum Gasteiger partial charge on any atom is -0.481 e. The third-order valence-corrected chi connectivity index (χ3v) is 3.14. The smallest absolute Gasteiger partial charge is 0.407 e. The van der Waals surface area contributed by atoms with Crippen LogP contribution >= 0.6 is 0 Å². The molecule has 1 aliphatic heterocycles. The molecule has 1 fully saturated rings. The summed E-state index contributed by atoms with van der Waals surface area (Å²) in [4.78, 5) is 16.6. The van der Waals surface area contributed by atoms with E-state index in [0.717, 1.165) is 18.5 Å². The normalized spacial score (nSPS) is 16.9. The van der Waals surface area contributed by atoms with Crippen molar-refractivity contribution in [2.45, 2.75) is 18.8 Å². The second kappa shape index (κ2) is 5.03. The summed E-state index contributed by atoms with van der Waals surface area (Å²) < 4.78 is 5.09. The third-order valence-electron chi connectivity index (χ3n) is 3.14. The number of methoxy groups -OCH3 is 1. The van der Waals surface area contributed by atoms with E-state index < -0.39 is 6.09 Å². The second-order valence-electron chi connectivity index (χ2n) is 4.15. The van der Waals surface area contributed by atoms with Crippen LogP contribution in [0.25, 0.3) is 0 Å². The average molecular weight is 236 g/mol. The fourth-order valence-corrected chi connectivity index (χ4v) is 2.14. The summed E-state index contributed by atoms with van der Waals surface area (Å²) >= 11 is 0. The zero-order valence-corrected chi connectivity index (χ0v) is 9.80. The zero-order chi connectivity index (χ0) is 12.3. The number of hydrogen-bond donors (Lipinski definition) is 1. The van der Waals surface area contributed by atoms with Gasteiger partial charge in [0.2, 0.25) is 5.88 Å².